The molecular weight excluding hydrogens is 268 g/mol. The number of esters is 1. The lowest BCUT2D eigenvalue weighted by molar-refractivity contribution is -0.0119. The first-order valence-corrected chi connectivity index (χ1v) is 7.89. The lowest BCUT2D eigenvalue weighted by Gasteiger charge is -2.27. The SMILES string of the molecule is CCn1cc(C(=O)O[C@H](C)C2CCOCC2)c(C(C)C)n1. The van der Waals surface area contributed by atoms with Gasteiger partial charge in [-0.3, -0.25) is 4.68 Å². The van der Waals surface area contributed by atoms with Crippen molar-refractivity contribution >= 4 is 5.97 Å². The normalized spacial score (nSPS) is 18.0. The monoisotopic (exact) mass is 294 g/mol. The second-order valence-corrected chi connectivity index (χ2v) is 6.00. The molecule has 1 atom stereocenters. The van der Waals surface area contributed by atoms with Crippen molar-refractivity contribution in [3.63, 3.8) is 0 Å². The maximum atomic E-state index is 12.4. The van der Waals surface area contributed by atoms with Crippen LogP contribution >= 0.6 is 0 Å². The molecule has 1 fully saturated rings. The third-order valence-electron chi connectivity index (χ3n) is 4.10. The average molecular weight is 294 g/mol. The van der Waals surface area contributed by atoms with E-state index in [1.807, 2.05) is 27.7 Å². The standard InChI is InChI=1S/C16H26N2O3/c1-5-18-10-14(15(17-18)11(2)3)16(19)21-12(4)13-6-8-20-9-7-13/h10-13H,5-9H2,1-4H3/t12-/m1/s1. The molecule has 1 aromatic heterocycles. The largest absolute Gasteiger partial charge is 0.459 e. The fraction of sp³-hybridized carbons (Fsp3) is 0.750. The zero-order valence-electron chi connectivity index (χ0n) is 13.5. The Labute approximate surface area is 126 Å². The van der Waals surface area contributed by atoms with Gasteiger partial charge in [-0.05, 0) is 32.6 Å². The predicted molar refractivity (Wildman–Crippen MR) is 80.4 cm³/mol. The highest BCUT2D eigenvalue weighted by molar-refractivity contribution is 5.90. The van der Waals surface area contributed by atoms with Crippen LogP contribution in [0.2, 0.25) is 0 Å². The van der Waals surface area contributed by atoms with Gasteiger partial charge in [-0.1, -0.05) is 13.8 Å². The molecule has 2 rings (SSSR count). The van der Waals surface area contributed by atoms with Crippen molar-refractivity contribution in [1.82, 2.24) is 9.78 Å². The van der Waals surface area contributed by atoms with Crippen molar-refractivity contribution in [2.24, 2.45) is 5.92 Å². The van der Waals surface area contributed by atoms with Gasteiger partial charge in [0.1, 0.15) is 11.7 Å². The molecule has 0 bridgehead atoms. The molecule has 2 heterocycles. The second kappa shape index (κ2) is 7.07. The molecule has 1 aromatic rings. The van der Waals surface area contributed by atoms with E-state index in [0.29, 0.717) is 11.5 Å². The van der Waals surface area contributed by atoms with Crippen LogP contribution in [0.3, 0.4) is 0 Å². The van der Waals surface area contributed by atoms with Crippen molar-refractivity contribution in [2.75, 3.05) is 13.2 Å². The Hall–Kier alpha value is -1.36. The Balaban J connectivity index is 2.06. The Morgan fingerprint density at radius 1 is 1.43 bits per heavy atom. The van der Waals surface area contributed by atoms with E-state index in [2.05, 4.69) is 5.10 Å². The van der Waals surface area contributed by atoms with Crippen molar-refractivity contribution in [2.45, 2.75) is 59.1 Å². The Morgan fingerprint density at radius 3 is 2.67 bits per heavy atom. The summed E-state index contributed by atoms with van der Waals surface area (Å²) >= 11 is 0. The summed E-state index contributed by atoms with van der Waals surface area (Å²) in [5, 5.41) is 4.46. The van der Waals surface area contributed by atoms with Crippen LogP contribution in [0.5, 0.6) is 0 Å². The first-order valence-electron chi connectivity index (χ1n) is 7.89. The van der Waals surface area contributed by atoms with E-state index in [9.17, 15) is 4.79 Å². The van der Waals surface area contributed by atoms with Crippen LogP contribution < -0.4 is 0 Å². The van der Waals surface area contributed by atoms with E-state index in [4.69, 9.17) is 9.47 Å². The summed E-state index contributed by atoms with van der Waals surface area (Å²) in [6.07, 6.45) is 3.64. The molecule has 0 saturated carbocycles. The molecule has 0 radical (unpaired) electrons. The highest BCUT2D eigenvalue weighted by Gasteiger charge is 2.26. The summed E-state index contributed by atoms with van der Waals surface area (Å²) in [5.74, 6) is 0.350. The Bertz CT molecular complexity index is 476. The number of hydrogen-bond acceptors (Lipinski definition) is 4. The van der Waals surface area contributed by atoms with Crippen molar-refractivity contribution < 1.29 is 14.3 Å². The average Bonchev–Trinajstić information content (AvgIpc) is 2.92. The minimum absolute atomic E-state index is 0.0774. The number of carbonyl (C=O) groups is 1. The molecule has 0 aromatic carbocycles. The van der Waals surface area contributed by atoms with Gasteiger partial charge in [0.15, 0.2) is 0 Å². The predicted octanol–water partition coefficient (Wildman–Crippen LogP) is 3.00. The van der Waals surface area contributed by atoms with Gasteiger partial charge in [-0.15, -0.1) is 0 Å². The number of nitrogens with zero attached hydrogens (tertiary/aromatic N) is 2. The third kappa shape index (κ3) is 3.84. The van der Waals surface area contributed by atoms with Crippen molar-refractivity contribution in [3.05, 3.63) is 17.5 Å². The van der Waals surface area contributed by atoms with E-state index in [1.165, 1.54) is 0 Å². The van der Waals surface area contributed by atoms with Crippen molar-refractivity contribution in [3.8, 4) is 0 Å². The highest BCUT2D eigenvalue weighted by Crippen LogP contribution is 2.24. The molecule has 0 N–H and O–H groups in total. The van der Waals surface area contributed by atoms with Crippen molar-refractivity contribution in [1.29, 1.82) is 0 Å². The number of ether oxygens (including phenoxy) is 2. The van der Waals surface area contributed by atoms with E-state index in [1.54, 1.807) is 10.9 Å². The van der Waals surface area contributed by atoms with Gasteiger partial charge in [0.2, 0.25) is 0 Å². The first kappa shape index (κ1) is 16.0. The molecule has 1 saturated heterocycles. The second-order valence-electron chi connectivity index (χ2n) is 6.00. The van der Waals surface area contributed by atoms with Gasteiger partial charge in [0.25, 0.3) is 0 Å². The molecule has 5 heteroatoms. The lowest BCUT2D eigenvalue weighted by Crippen LogP contribution is -2.29. The maximum Gasteiger partial charge on any atom is 0.341 e. The fourth-order valence-electron chi connectivity index (χ4n) is 2.70. The molecule has 21 heavy (non-hydrogen) atoms. The topological polar surface area (TPSA) is 53.4 Å². The number of hydrogen-bond donors (Lipinski definition) is 0. The smallest absolute Gasteiger partial charge is 0.341 e. The molecule has 0 amide bonds. The molecule has 0 aliphatic carbocycles. The third-order valence-corrected chi connectivity index (χ3v) is 4.10. The molecule has 0 unspecified atom stereocenters. The van der Waals surface area contributed by atoms with E-state index in [-0.39, 0.29) is 18.0 Å². The summed E-state index contributed by atoms with van der Waals surface area (Å²) < 4.78 is 12.8. The quantitative estimate of drug-likeness (QED) is 0.783. The van der Waals surface area contributed by atoms with Gasteiger partial charge >= 0.3 is 5.97 Å². The van der Waals surface area contributed by atoms with Gasteiger partial charge in [-0.2, -0.15) is 5.10 Å². The summed E-state index contributed by atoms with van der Waals surface area (Å²) in [4.78, 5) is 12.4. The zero-order chi connectivity index (χ0) is 15.4. The van der Waals surface area contributed by atoms with Crippen LogP contribution in [0.25, 0.3) is 0 Å². The van der Waals surface area contributed by atoms with Crippen LogP contribution in [-0.2, 0) is 16.0 Å². The molecule has 1 aliphatic rings. The zero-order valence-corrected chi connectivity index (χ0v) is 13.5. The van der Waals surface area contributed by atoms with Gasteiger partial charge in [0, 0.05) is 31.9 Å². The summed E-state index contributed by atoms with van der Waals surface area (Å²) in [6, 6.07) is 0. The van der Waals surface area contributed by atoms with Gasteiger partial charge < -0.3 is 9.47 Å². The number of carbonyl (C=O) groups excluding carboxylic acids is 1. The number of aryl methyl sites for hydroxylation is 1. The van der Waals surface area contributed by atoms with E-state index >= 15 is 0 Å². The van der Waals surface area contributed by atoms with Crippen LogP contribution in [-0.4, -0.2) is 35.1 Å². The summed E-state index contributed by atoms with van der Waals surface area (Å²) in [5.41, 5.74) is 1.42. The fourth-order valence-corrected chi connectivity index (χ4v) is 2.70. The molecule has 5 nitrogen and oxygen atoms in total. The van der Waals surface area contributed by atoms with Gasteiger partial charge in [-0.25, -0.2) is 4.79 Å². The summed E-state index contributed by atoms with van der Waals surface area (Å²) in [7, 11) is 0. The van der Waals surface area contributed by atoms with Crippen LogP contribution in [0.1, 0.15) is 62.5 Å². The Kier molecular flexibility index (Phi) is 5.39. The molecule has 0 spiro atoms. The molecule has 118 valence electrons. The van der Waals surface area contributed by atoms with Crippen LogP contribution in [0.15, 0.2) is 6.20 Å². The first-order chi connectivity index (χ1) is 10.0. The van der Waals surface area contributed by atoms with E-state index < -0.39 is 0 Å². The van der Waals surface area contributed by atoms with Crippen LogP contribution in [0.4, 0.5) is 0 Å². The Morgan fingerprint density at radius 2 is 2.10 bits per heavy atom. The minimum Gasteiger partial charge on any atom is -0.459 e. The number of aromatic nitrogens is 2. The van der Waals surface area contributed by atoms with Crippen LogP contribution in [0, 0.1) is 5.92 Å². The van der Waals surface area contributed by atoms with Gasteiger partial charge in [0.05, 0.1) is 5.69 Å². The number of rotatable bonds is 5. The summed E-state index contributed by atoms with van der Waals surface area (Å²) in [6.45, 7) is 10.4. The minimum atomic E-state index is -0.252. The lowest BCUT2D eigenvalue weighted by atomic mass is 9.95. The molecule has 1 aliphatic heterocycles. The molecular formula is C16H26N2O3. The highest BCUT2D eigenvalue weighted by atomic mass is 16.5. The van der Waals surface area contributed by atoms with E-state index in [0.717, 1.165) is 38.3 Å². The maximum absolute atomic E-state index is 12.4.